The molecule has 3 saturated heterocycles. The number of carbonyl (C=O) groups excluding carboxylic acids is 1. The summed E-state index contributed by atoms with van der Waals surface area (Å²) >= 11 is 0. The van der Waals surface area contributed by atoms with Gasteiger partial charge >= 0.3 is 12.0 Å². The molecule has 0 radical (unpaired) electrons. The summed E-state index contributed by atoms with van der Waals surface area (Å²) in [5.41, 5.74) is -0.487. The van der Waals surface area contributed by atoms with Crippen LogP contribution >= 0.6 is 0 Å². The maximum atomic E-state index is 14.4. The van der Waals surface area contributed by atoms with Crippen molar-refractivity contribution in [2.24, 2.45) is 5.92 Å². The number of rotatable bonds is 4. The molecule has 3 fully saturated rings. The molecule has 1 spiro atoms. The molecule has 1 amide bonds. The Kier molecular flexibility index (Phi) is 5.67. The van der Waals surface area contributed by atoms with Crippen LogP contribution < -0.4 is 4.90 Å². The van der Waals surface area contributed by atoms with Gasteiger partial charge in [-0.25, -0.2) is 0 Å². The van der Waals surface area contributed by atoms with E-state index < -0.39 is 17.6 Å². The maximum absolute atomic E-state index is 14.4. The molecule has 1 aromatic rings. The smallest absolute Gasteiger partial charge is 0.381 e. The first kappa shape index (κ1) is 19.7. The molecule has 3 aliphatic heterocycles. The average Bonchev–Trinajstić information content (AvgIpc) is 2.72. The van der Waals surface area contributed by atoms with E-state index >= 15 is 0 Å². The van der Waals surface area contributed by atoms with E-state index in [9.17, 15) is 13.6 Å². The highest BCUT2D eigenvalue weighted by Gasteiger charge is 2.57. The van der Waals surface area contributed by atoms with Crippen molar-refractivity contribution in [3.8, 4) is 0 Å². The van der Waals surface area contributed by atoms with E-state index in [0.29, 0.717) is 24.4 Å². The summed E-state index contributed by atoms with van der Waals surface area (Å²) in [4.78, 5) is 15.8. The first-order valence-corrected chi connectivity index (χ1v) is 10.2. The normalized spacial score (nSPS) is 25.9. The van der Waals surface area contributed by atoms with E-state index in [4.69, 9.17) is 9.47 Å². The first-order chi connectivity index (χ1) is 13.5. The molecule has 3 heterocycles. The van der Waals surface area contributed by atoms with Gasteiger partial charge in [0, 0.05) is 32.0 Å². The predicted octanol–water partition coefficient (Wildman–Crippen LogP) is 3.29. The van der Waals surface area contributed by atoms with Gasteiger partial charge < -0.3 is 19.3 Å². The number of halogens is 2. The predicted molar refractivity (Wildman–Crippen MR) is 101 cm³/mol. The molecular formula is C21H28F2N2O3. The minimum atomic E-state index is -3.78. The fourth-order valence-electron chi connectivity index (χ4n) is 4.53. The third-order valence-corrected chi connectivity index (χ3v) is 6.31. The maximum Gasteiger partial charge on any atom is 0.437 e. The van der Waals surface area contributed by atoms with Crippen molar-refractivity contribution in [3.63, 3.8) is 0 Å². The average molecular weight is 394 g/mol. The second kappa shape index (κ2) is 8.05. The third kappa shape index (κ3) is 4.21. The van der Waals surface area contributed by atoms with Crippen LogP contribution in [0.2, 0.25) is 0 Å². The number of benzene rings is 1. The summed E-state index contributed by atoms with van der Waals surface area (Å²) in [6, 6.07) is 8.69. The summed E-state index contributed by atoms with van der Waals surface area (Å²) in [5, 5.41) is 0. The number of morpholine rings is 1. The van der Waals surface area contributed by atoms with Gasteiger partial charge in [-0.3, -0.25) is 4.79 Å². The van der Waals surface area contributed by atoms with Crippen LogP contribution in [-0.2, 0) is 14.3 Å². The summed E-state index contributed by atoms with van der Waals surface area (Å²) < 4.78 is 39.4. The van der Waals surface area contributed by atoms with Crippen molar-refractivity contribution in [3.05, 3.63) is 30.3 Å². The summed E-state index contributed by atoms with van der Waals surface area (Å²) in [5.74, 6) is -0.572. The number of amides is 1. The molecule has 0 aliphatic carbocycles. The van der Waals surface area contributed by atoms with Gasteiger partial charge in [0.15, 0.2) is 0 Å². The molecule has 0 saturated carbocycles. The Morgan fingerprint density at radius 2 is 1.75 bits per heavy atom. The zero-order chi connectivity index (χ0) is 19.6. The lowest BCUT2D eigenvalue weighted by Gasteiger charge is -2.49. The lowest BCUT2D eigenvalue weighted by molar-refractivity contribution is -0.293. The number of likely N-dealkylation sites (tertiary alicyclic amines) is 1. The molecule has 5 nitrogen and oxygen atoms in total. The van der Waals surface area contributed by atoms with Crippen molar-refractivity contribution in [1.82, 2.24) is 4.90 Å². The number of alkyl halides is 2. The molecule has 154 valence electrons. The number of hydrogen-bond donors (Lipinski definition) is 0. The van der Waals surface area contributed by atoms with Crippen molar-refractivity contribution < 1.29 is 23.0 Å². The van der Waals surface area contributed by atoms with E-state index in [1.165, 1.54) is 4.90 Å². The number of carbonyl (C=O) groups is 1. The van der Waals surface area contributed by atoms with Crippen LogP contribution in [0.3, 0.4) is 0 Å². The molecule has 0 atom stereocenters. The van der Waals surface area contributed by atoms with Gasteiger partial charge in [-0.15, -0.1) is 0 Å². The van der Waals surface area contributed by atoms with E-state index in [0.717, 1.165) is 52.1 Å². The standard InChI is InChI=1S/C21H28F2N2O3/c22-21(23)19(26)25(18-4-2-1-3-5-18)16-20(28-21)9-12-24(13-10-20)11-6-17-7-14-27-15-8-17/h1-5,17H,6-16H2. The van der Waals surface area contributed by atoms with E-state index in [1.807, 2.05) is 0 Å². The molecule has 28 heavy (non-hydrogen) atoms. The number of hydrogen-bond acceptors (Lipinski definition) is 4. The molecule has 7 heteroatoms. The zero-order valence-corrected chi connectivity index (χ0v) is 16.1. The number of anilines is 1. The quantitative estimate of drug-likeness (QED) is 0.786. The summed E-state index contributed by atoms with van der Waals surface area (Å²) in [6.07, 6.45) is 0.586. The molecule has 0 N–H and O–H groups in total. The highest BCUT2D eigenvalue weighted by atomic mass is 19.3. The fraction of sp³-hybridized carbons (Fsp3) is 0.667. The van der Waals surface area contributed by atoms with Gasteiger partial charge in [0.2, 0.25) is 0 Å². The minimum absolute atomic E-state index is 0.180. The lowest BCUT2D eigenvalue weighted by atomic mass is 9.88. The van der Waals surface area contributed by atoms with Crippen LogP contribution in [0.1, 0.15) is 32.1 Å². The van der Waals surface area contributed by atoms with E-state index in [2.05, 4.69) is 4.90 Å². The lowest BCUT2D eigenvalue weighted by Crippen LogP contribution is -2.64. The minimum Gasteiger partial charge on any atom is -0.381 e. The van der Waals surface area contributed by atoms with Gasteiger partial charge in [-0.1, -0.05) is 18.2 Å². The zero-order valence-electron chi connectivity index (χ0n) is 16.1. The number of ether oxygens (including phenoxy) is 2. The summed E-state index contributed by atoms with van der Waals surface area (Å²) in [7, 11) is 0. The van der Waals surface area contributed by atoms with Crippen LogP contribution in [0.5, 0.6) is 0 Å². The second-order valence-electron chi connectivity index (χ2n) is 8.21. The SMILES string of the molecule is O=C1N(c2ccccc2)CC2(CCN(CCC3CCOCC3)CC2)OC1(F)F. The Morgan fingerprint density at radius 3 is 2.43 bits per heavy atom. The van der Waals surface area contributed by atoms with Crippen molar-refractivity contribution >= 4 is 11.6 Å². The Morgan fingerprint density at radius 1 is 1.07 bits per heavy atom. The molecule has 1 aromatic carbocycles. The molecular weight excluding hydrogens is 366 g/mol. The summed E-state index contributed by atoms with van der Waals surface area (Å²) in [6.45, 7) is 4.30. The van der Waals surface area contributed by atoms with Crippen LogP contribution in [0, 0.1) is 5.92 Å². The fourth-order valence-corrected chi connectivity index (χ4v) is 4.53. The second-order valence-corrected chi connectivity index (χ2v) is 8.21. The molecule has 0 unspecified atom stereocenters. The van der Waals surface area contributed by atoms with Crippen molar-refractivity contribution in [2.75, 3.05) is 44.3 Å². The van der Waals surface area contributed by atoms with Crippen molar-refractivity contribution in [1.29, 1.82) is 0 Å². The first-order valence-electron chi connectivity index (χ1n) is 10.2. The highest BCUT2D eigenvalue weighted by molar-refractivity contribution is 5.98. The van der Waals surface area contributed by atoms with Gasteiger partial charge in [0.05, 0.1) is 12.1 Å². The molecule has 0 bridgehead atoms. The van der Waals surface area contributed by atoms with Crippen LogP contribution in [0.4, 0.5) is 14.5 Å². The molecule has 4 rings (SSSR count). The van der Waals surface area contributed by atoms with E-state index in [1.54, 1.807) is 30.3 Å². The molecule has 3 aliphatic rings. The van der Waals surface area contributed by atoms with Crippen LogP contribution in [0.25, 0.3) is 0 Å². The number of piperidine rings is 1. The Hall–Kier alpha value is -1.57. The van der Waals surface area contributed by atoms with Crippen LogP contribution in [0.15, 0.2) is 30.3 Å². The number of nitrogens with zero attached hydrogens (tertiary/aromatic N) is 2. The highest BCUT2D eigenvalue weighted by Crippen LogP contribution is 2.40. The largest absolute Gasteiger partial charge is 0.437 e. The van der Waals surface area contributed by atoms with Gasteiger partial charge in [0.1, 0.15) is 0 Å². The van der Waals surface area contributed by atoms with Crippen LogP contribution in [-0.4, -0.2) is 61.9 Å². The monoisotopic (exact) mass is 394 g/mol. The third-order valence-electron chi connectivity index (χ3n) is 6.31. The molecule has 0 aromatic heterocycles. The van der Waals surface area contributed by atoms with Gasteiger partial charge in [0.25, 0.3) is 0 Å². The van der Waals surface area contributed by atoms with Crippen molar-refractivity contribution in [2.45, 2.75) is 43.8 Å². The Balaban J connectivity index is 1.38. The number of para-hydroxylation sites is 1. The van der Waals surface area contributed by atoms with Gasteiger partial charge in [-0.05, 0) is 56.7 Å². The Labute approximate surface area is 164 Å². The Bertz CT molecular complexity index is 671. The van der Waals surface area contributed by atoms with Gasteiger partial charge in [-0.2, -0.15) is 8.78 Å². The topological polar surface area (TPSA) is 42.0 Å². The van der Waals surface area contributed by atoms with E-state index in [-0.39, 0.29) is 6.54 Å².